The van der Waals surface area contributed by atoms with Crippen molar-refractivity contribution in [3.63, 3.8) is 0 Å². The van der Waals surface area contributed by atoms with E-state index < -0.39 is 11.9 Å². The van der Waals surface area contributed by atoms with Gasteiger partial charge in [0.25, 0.3) is 0 Å². The number of carboxylic acids is 2. The van der Waals surface area contributed by atoms with Crippen molar-refractivity contribution in [2.24, 2.45) is 5.73 Å². The number of carboxylic acid groups (broad SMARTS) is 2. The minimum atomic E-state index is -0.745. The third kappa shape index (κ3) is 159. The summed E-state index contributed by atoms with van der Waals surface area (Å²) in [4.78, 5) is 28.0. The van der Waals surface area contributed by atoms with Crippen LogP contribution in [0.5, 0.6) is 0 Å². The standard InChI is InChI=1S/2C3H6O2.C2H5NO/c2*1-2-3(4)5;1-2(3)4/h2*2H2,1H3,(H,4,5);1H3,(H2,3,4). The number of primary amides is 1. The van der Waals surface area contributed by atoms with E-state index in [4.69, 9.17) is 10.2 Å². The number of nitrogens with two attached hydrogens (primary N) is 1. The van der Waals surface area contributed by atoms with E-state index >= 15 is 0 Å². The van der Waals surface area contributed by atoms with Crippen LogP contribution < -0.4 is 5.73 Å². The van der Waals surface area contributed by atoms with Gasteiger partial charge >= 0.3 is 11.9 Å². The Labute approximate surface area is 82.7 Å². The van der Waals surface area contributed by atoms with Crippen LogP contribution in [0.1, 0.15) is 33.6 Å². The van der Waals surface area contributed by atoms with Gasteiger partial charge in [0.1, 0.15) is 0 Å². The van der Waals surface area contributed by atoms with Crippen molar-refractivity contribution in [2.75, 3.05) is 0 Å². The maximum absolute atomic E-state index is 9.37. The van der Waals surface area contributed by atoms with E-state index in [2.05, 4.69) is 5.73 Å². The molecule has 0 aromatic rings. The maximum Gasteiger partial charge on any atom is 0.303 e. The summed E-state index contributed by atoms with van der Waals surface area (Å²) in [6, 6.07) is 0. The summed E-state index contributed by atoms with van der Waals surface area (Å²) < 4.78 is 0. The number of aliphatic carboxylic acids is 2. The second-order valence-corrected chi connectivity index (χ2v) is 2.11. The first-order chi connectivity index (χ1) is 6.27. The van der Waals surface area contributed by atoms with Crippen LogP contribution in [0.2, 0.25) is 0 Å². The fraction of sp³-hybridized carbons (Fsp3) is 0.625. The number of carbonyl (C=O) groups is 3. The first-order valence-corrected chi connectivity index (χ1v) is 3.97. The lowest BCUT2D eigenvalue weighted by atomic mass is 10.5. The summed E-state index contributed by atoms with van der Waals surface area (Å²) >= 11 is 0. The van der Waals surface area contributed by atoms with E-state index in [0.717, 1.165) is 0 Å². The van der Waals surface area contributed by atoms with Gasteiger partial charge in [-0.1, -0.05) is 13.8 Å². The molecule has 0 aliphatic heterocycles. The fourth-order valence-corrected chi connectivity index (χ4v) is 0. The number of hydrogen-bond donors (Lipinski definition) is 3. The molecule has 0 saturated heterocycles. The third-order valence-electron chi connectivity index (χ3n) is 0.605. The predicted molar refractivity (Wildman–Crippen MR) is 50.7 cm³/mol. The Bertz CT molecular complexity index is 161. The molecule has 0 fully saturated rings. The minimum Gasteiger partial charge on any atom is -0.481 e. The molecule has 6 nitrogen and oxygen atoms in total. The van der Waals surface area contributed by atoms with Crippen LogP contribution in [0.15, 0.2) is 0 Å². The van der Waals surface area contributed by atoms with E-state index in [0.29, 0.717) is 0 Å². The molecular weight excluding hydrogens is 190 g/mol. The third-order valence-corrected chi connectivity index (χ3v) is 0.605. The van der Waals surface area contributed by atoms with E-state index in [9.17, 15) is 14.4 Å². The van der Waals surface area contributed by atoms with E-state index in [1.165, 1.54) is 6.92 Å². The topological polar surface area (TPSA) is 118 Å². The summed E-state index contributed by atoms with van der Waals surface area (Å²) in [7, 11) is 0. The molecule has 0 aromatic carbocycles. The smallest absolute Gasteiger partial charge is 0.303 e. The van der Waals surface area contributed by atoms with Crippen LogP contribution in [-0.4, -0.2) is 28.1 Å². The largest absolute Gasteiger partial charge is 0.481 e. The van der Waals surface area contributed by atoms with Gasteiger partial charge in [0.05, 0.1) is 0 Å². The Kier molecular flexibility index (Phi) is 18.2. The molecular formula is C8H17NO5. The van der Waals surface area contributed by atoms with Crippen molar-refractivity contribution in [3.05, 3.63) is 0 Å². The van der Waals surface area contributed by atoms with Gasteiger partial charge in [0.2, 0.25) is 5.91 Å². The summed E-state index contributed by atoms with van der Waals surface area (Å²) in [6.07, 6.45) is 0.444. The average Bonchev–Trinajstić information content (AvgIpc) is 2.04. The Morgan fingerprint density at radius 1 is 1.00 bits per heavy atom. The van der Waals surface area contributed by atoms with E-state index in [1.54, 1.807) is 13.8 Å². The Balaban J connectivity index is -0.000000131. The van der Waals surface area contributed by atoms with Crippen molar-refractivity contribution < 1.29 is 24.6 Å². The van der Waals surface area contributed by atoms with Crippen LogP contribution >= 0.6 is 0 Å². The molecule has 4 N–H and O–H groups in total. The van der Waals surface area contributed by atoms with Crippen LogP contribution in [0.3, 0.4) is 0 Å². The molecule has 0 atom stereocenters. The van der Waals surface area contributed by atoms with Crippen molar-refractivity contribution in [2.45, 2.75) is 33.6 Å². The predicted octanol–water partition coefficient (Wildman–Crippen LogP) is 0.454. The summed E-state index contributed by atoms with van der Waals surface area (Å²) in [5.74, 6) is -1.82. The lowest BCUT2D eigenvalue weighted by molar-refractivity contribution is -0.137. The first kappa shape index (κ1) is 18.2. The number of carbonyl (C=O) groups excluding carboxylic acids is 1. The first-order valence-electron chi connectivity index (χ1n) is 3.97. The minimum absolute atomic E-state index is 0.222. The second kappa shape index (κ2) is 14.0. The molecule has 0 heterocycles. The lowest BCUT2D eigenvalue weighted by Gasteiger charge is -1.71. The Morgan fingerprint density at radius 3 is 1.07 bits per heavy atom. The summed E-state index contributed by atoms with van der Waals surface area (Å²) in [5, 5.41) is 15.4. The van der Waals surface area contributed by atoms with Gasteiger partial charge in [-0.2, -0.15) is 0 Å². The molecule has 0 radical (unpaired) electrons. The highest BCUT2D eigenvalue weighted by Gasteiger charge is 1.81. The van der Waals surface area contributed by atoms with Gasteiger partial charge in [-0.05, 0) is 0 Å². The van der Waals surface area contributed by atoms with Crippen LogP contribution in [0, 0.1) is 0 Å². The van der Waals surface area contributed by atoms with Gasteiger partial charge in [0.15, 0.2) is 0 Å². The van der Waals surface area contributed by atoms with Gasteiger partial charge in [-0.15, -0.1) is 0 Å². The highest BCUT2D eigenvalue weighted by molar-refractivity contribution is 5.70. The Hall–Kier alpha value is -1.59. The Morgan fingerprint density at radius 2 is 1.07 bits per heavy atom. The number of hydrogen-bond acceptors (Lipinski definition) is 3. The number of amides is 1. The molecule has 0 saturated carbocycles. The molecule has 84 valence electrons. The van der Waals surface area contributed by atoms with Crippen molar-refractivity contribution >= 4 is 17.8 Å². The lowest BCUT2D eigenvalue weighted by Crippen LogP contribution is -2.01. The normalized spacial score (nSPS) is 7.07. The average molecular weight is 207 g/mol. The fourth-order valence-electron chi connectivity index (χ4n) is 0. The van der Waals surface area contributed by atoms with Crippen molar-refractivity contribution in [1.29, 1.82) is 0 Å². The summed E-state index contributed by atoms with van der Waals surface area (Å²) in [5.41, 5.74) is 4.47. The zero-order valence-corrected chi connectivity index (χ0v) is 8.61. The van der Waals surface area contributed by atoms with Crippen molar-refractivity contribution in [3.8, 4) is 0 Å². The zero-order valence-electron chi connectivity index (χ0n) is 8.61. The number of rotatable bonds is 2. The molecule has 0 rings (SSSR count). The molecule has 0 aliphatic carbocycles. The van der Waals surface area contributed by atoms with Gasteiger partial charge in [0, 0.05) is 19.8 Å². The molecule has 6 heteroatoms. The van der Waals surface area contributed by atoms with Crippen LogP contribution in [0.25, 0.3) is 0 Å². The van der Waals surface area contributed by atoms with E-state index in [-0.39, 0.29) is 18.7 Å². The van der Waals surface area contributed by atoms with Crippen LogP contribution in [-0.2, 0) is 14.4 Å². The second-order valence-electron chi connectivity index (χ2n) is 2.11. The molecule has 0 unspecified atom stereocenters. The highest BCUT2D eigenvalue weighted by atomic mass is 16.4. The highest BCUT2D eigenvalue weighted by Crippen LogP contribution is 1.67. The molecule has 0 aromatic heterocycles. The molecule has 0 aliphatic rings. The van der Waals surface area contributed by atoms with Gasteiger partial charge in [-0.25, -0.2) is 0 Å². The quantitative estimate of drug-likeness (QED) is 0.607. The monoisotopic (exact) mass is 207 g/mol. The zero-order chi connectivity index (χ0) is 12.1. The maximum atomic E-state index is 9.37. The molecule has 1 amide bonds. The van der Waals surface area contributed by atoms with E-state index in [1.807, 2.05) is 0 Å². The molecule has 0 bridgehead atoms. The van der Waals surface area contributed by atoms with Crippen molar-refractivity contribution in [1.82, 2.24) is 0 Å². The molecule has 0 spiro atoms. The molecule has 14 heavy (non-hydrogen) atoms. The van der Waals surface area contributed by atoms with Crippen LogP contribution in [0.4, 0.5) is 0 Å². The van der Waals surface area contributed by atoms with Gasteiger partial charge in [-0.3, -0.25) is 14.4 Å². The SMILES string of the molecule is CC(N)=O.CCC(=O)O.CCC(=O)O. The summed E-state index contributed by atoms with van der Waals surface area (Å²) in [6.45, 7) is 4.50. The van der Waals surface area contributed by atoms with Gasteiger partial charge < -0.3 is 15.9 Å².